The molecular formula is C25H24ClFN6O3S. The van der Waals surface area contributed by atoms with E-state index in [9.17, 15) is 14.0 Å². The number of aliphatic imine (C=N–C) groups is 1. The Labute approximate surface area is 220 Å². The maximum absolute atomic E-state index is 14.1. The van der Waals surface area contributed by atoms with Crippen molar-refractivity contribution in [2.75, 3.05) is 13.7 Å². The molecule has 0 unspecified atom stereocenters. The van der Waals surface area contributed by atoms with Crippen LogP contribution < -0.4 is 16.0 Å². The number of aromatic nitrogens is 4. The summed E-state index contributed by atoms with van der Waals surface area (Å²) in [7, 11) is 3.26. The molecule has 0 bridgehead atoms. The number of imidazole rings is 1. The molecule has 9 nitrogen and oxygen atoms in total. The number of nitrogens with zero attached hydrogens (tertiary/aromatic N) is 6. The van der Waals surface area contributed by atoms with Crippen molar-refractivity contribution in [3.63, 3.8) is 0 Å². The molecule has 0 aliphatic heterocycles. The summed E-state index contributed by atoms with van der Waals surface area (Å²) in [6, 6.07) is 6.29. The van der Waals surface area contributed by atoms with Crippen molar-refractivity contribution in [3.05, 3.63) is 67.1 Å². The Balaban J connectivity index is 1.76. The highest BCUT2D eigenvalue weighted by atomic mass is 35.5. The predicted octanol–water partition coefficient (Wildman–Crippen LogP) is 4.08. The van der Waals surface area contributed by atoms with Gasteiger partial charge in [0.25, 0.3) is 5.56 Å². The molecule has 4 rings (SSSR count). The number of hydrogen-bond donors (Lipinski definition) is 0. The average molecular weight is 543 g/mol. The number of aryl methyl sites for hydroxylation is 2. The van der Waals surface area contributed by atoms with E-state index in [2.05, 4.69) is 9.98 Å². The van der Waals surface area contributed by atoms with E-state index in [1.54, 1.807) is 12.3 Å². The van der Waals surface area contributed by atoms with E-state index in [4.69, 9.17) is 21.6 Å². The molecule has 0 N–H and O–H groups in total. The van der Waals surface area contributed by atoms with Crippen LogP contribution in [0.3, 0.4) is 0 Å². The Morgan fingerprint density at radius 3 is 2.65 bits per heavy atom. The van der Waals surface area contributed by atoms with Crippen LogP contribution in [-0.2, 0) is 20.1 Å². The van der Waals surface area contributed by atoms with Gasteiger partial charge in [0.05, 0.1) is 43.2 Å². The molecule has 0 saturated carbocycles. The largest absolute Gasteiger partial charge is 0.494 e. The van der Waals surface area contributed by atoms with Gasteiger partial charge < -0.3 is 9.30 Å². The van der Waals surface area contributed by atoms with Crippen LogP contribution in [0.2, 0.25) is 5.02 Å². The van der Waals surface area contributed by atoms with Crippen LogP contribution in [0.5, 0.6) is 5.75 Å². The lowest BCUT2D eigenvalue weighted by Crippen LogP contribution is -2.40. The standard InChI is InChI=1S/C25H24ClFN6O3S/c1-14-19(30-15(2)31(14)3)13-29-7-9-33-24(34)23-20(32(25(33)35)8-5-6-28)12-22(37-23)16-10-21(36-4)18(27)11-17(16)26/h10-13H,5,7-9H2,1-4H3/b29-13-. The van der Waals surface area contributed by atoms with Gasteiger partial charge in [-0.3, -0.25) is 18.9 Å². The molecule has 0 saturated heterocycles. The minimum absolute atomic E-state index is 0.00679. The fourth-order valence-corrected chi connectivity index (χ4v) is 5.40. The van der Waals surface area contributed by atoms with E-state index in [0.29, 0.717) is 20.7 Å². The molecule has 37 heavy (non-hydrogen) atoms. The van der Waals surface area contributed by atoms with Crippen molar-refractivity contribution in [3.8, 4) is 22.3 Å². The first-order valence-electron chi connectivity index (χ1n) is 11.3. The fourth-order valence-electron chi connectivity index (χ4n) is 3.95. The molecule has 0 aliphatic carbocycles. The summed E-state index contributed by atoms with van der Waals surface area (Å²) < 4.78 is 24.0. The van der Waals surface area contributed by atoms with E-state index in [1.165, 1.54) is 17.7 Å². The Kier molecular flexibility index (Phi) is 7.61. The summed E-state index contributed by atoms with van der Waals surface area (Å²) in [5.41, 5.74) is 1.56. The zero-order valence-corrected chi connectivity index (χ0v) is 22.3. The highest BCUT2D eigenvalue weighted by molar-refractivity contribution is 7.22. The van der Waals surface area contributed by atoms with Gasteiger partial charge in [0, 0.05) is 35.9 Å². The molecule has 0 spiro atoms. The molecule has 0 fully saturated rings. The molecule has 192 valence electrons. The van der Waals surface area contributed by atoms with E-state index in [-0.39, 0.29) is 36.8 Å². The molecule has 0 amide bonds. The van der Waals surface area contributed by atoms with Crippen molar-refractivity contribution >= 4 is 39.4 Å². The Morgan fingerprint density at radius 2 is 2.00 bits per heavy atom. The van der Waals surface area contributed by atoms with Gasteiger partial charge in [-0.05, 0) is 32.0 Å². The summed E-state index contributed by atoms with van der Waals surface area (Å²) in [5, 5.41) is 9.26. The highest BCUT2D eigenvalue weighted by Crippen LogP contribution is 2.38. The number of rotatable bonds is 8. The second-order valence-corrected chi connectivity index (χ2v) is 9.77. The van der Waals surface area contributed by atoms with Crippen LogP contribution in [0.1, 0.15) is 23.6 Å². The third kappa shape index (κ3) is 4.95. The van der Waals surface area contributed by atoms with Gasteiger partial charge in [-0.25, -0.2) is 14.2 Å². The van der Waals surface area contributed by atoms with E-state index in [0.717, 1.165) is 39.2 Å². The van der Waals surface area contributed by atoms with E-state index >= 15 is 0 Å². The predicted molar refractivity (Wildman–Crippen MR) is 143 cm³/mol. The minimum Gasteiger partial charge on any atom is -0.494 e. The van der Waals surface area contributed by atoms with E-state index in [1.807, 2.05) is 31.5 Å². The zero-order valence-electron chi connectivity index (χ0n) is 20.7. The van der Waals surface area contributed by atoms with Crippen LogP contribution in [0.25, 0.3) is 20.7 Å². The molecule has 1 aromatic carbocycles. The monoisotopic (exact) mass is 542 g/mol. The lowest BCUT2D eigenvalue weighted by molar-refractivity contribution is 0.387. The van der Waals surface area contributed by atoms with Gasteiger partial charge in [0.2, 0.25) is 0 Å². The summed E-state index contributed by atoms with van der Waals surface area (Å²) in [5.74, 6) is 0.253. The molecule has 0 radical (unpaired) electrons. The van der Waals surface area contributed by atoms with Crippen molar-refractivity contribution in [1.29, 1.82) is 5.26 Å². The fraction of sp³-hybridized carbons (Fsp3) is 0.320. The molecule has 3 aromatic heterocycles. The first kappa shape index (κ1) is 26.3. The normalized spacial score (nSPS) is 11.5. The van der Waals surface area contributed by atoms with Gasteiger partial charge in [0.1, 0.15) is 16.2 Å². The molecule has 0 atom stereocenters. The number of thiophene rings is 1. The number of fused-ring (bicyclic) bond motifs is 1. The summed E-state index contributed by atoms with van der Waals surface area (Å²) in [6.07, 6.45) is 1.72. The van der Waals surface area contributed by atoms with Gasteiger partial charge in [-0.2, -0.15) is 5.26 Å². The van der Waals surface area contributed by atoms with Crippen LogP contribution in [0.15, 0.2) is 32.8 Å². The average Bonchev–Trinajstić information content (AvgIpc) is 3.41. The number of nitriles is 1. The van der Waals surface area contributed by atoms with Crippen molar-refractivity contribution in [2.24, 2.45) is 12.0 Å². The molecule has 12 heteroatoms. The van der Waals surface area contributed by atoms with Crippen molar-refractivity contribution in [2.45, 2.75) is 33.4 Å². The second kappa shape index (κ2) is 10.7. The Hall–Kier alpha value is -3.75. The van der Waals surface area contributed by atoms with Crippen molar-refractivity contribution < 1.29 is 9.13 Å². The number of ether oxygens (including phenoxy) is 1. The third-order valence-electron chi connectivity index (χ3n) is 6.17. The smallest absolute Gasteiger partial charge is 0.331 e. The maximum Gasteiger partial charge on any atom is 0.331 e. The van der Waals surface area contributed by atoms with Gasteiger partial charge in [-0.1, -0.05) is 11.6 Å². The molecular weight excluding hydrogens is 519 g/mol. The van der Waals surface area contributed by atoms with Crippen LogP contribution >= 0.6 is 22.9 Å². The SMILES string of the molecule is COc1cc(-c2cc3c(s2)c(=O)n(CC/N=C\c2nc(C)n(C)c2C)c(=O)n3CCC#N)c(Cl)cc1F. The molecule has 4 aromatic rings. The lowest BCUT2D eigenvalue weighted by Gasteiger charge is -2.10. The number of benzene rings is 1. The lowest BCUT2D eigenvalue weighted by atomic mass is 10.1. The summed E-state index contributed by atoms with van der Waals surface area (Å²) >= 11 is 7.44. The van der Waals surface area contributed by atoms with Crippen LogP contribution in [0.4, 0.5) is 4.39 Å². The van der Waals surface area contributed by atoms with E-state index < -0.39 is 17.1 Å². The quantitative estimate of drug-likeness (QED) is 0.312. The van der Waals surface area contributed by atoms with Crippen molar-refractivity contribution in [1.82, 2.24) is 18.7 Å². The molecule has 3 heterocycles. The van der Waals surface area contributed by atoms with Crippen LogP contribution in [-0.4, -0.2) is 38.6 Å². The number of hydrogen-bond acceptors (Lipinski definition) is 7. The first-order chi connectivity index (χ1) is 17.7. The number of methoxy groups -OCH3 is 1. The maximum atomic E-state index is 14.1. The summed E-state index contributed by atoms with van der Waals surface area (Å²) in [4.78, 5) is 36.0. The summed E-state index contributed by atoms with van der Waals surface area (Å²) in [6.45, 7) is 4.18. The minimum atomic E-state index is -0.609. The second-order valence-electron chi connectivity index (χ2n) is 8.31. The highest BCUT2D eigenvalue weighted by Gasteiger charge is 2.19. The van der Waals surface area contributed by atoms with Gasteiger partial charge >= 0.3 is 5.69 Å². The number of halogens is 2. The van der Waals surface area contributed by atoms with Crippen LogP contribution in [0, 0.1) is 31.0 Å². The first-order valence-corrected chi connectivity index (χ1v) is 12.5. The molecule has 0 aliphatic rings. The zero-order chi connectivity index (χ0) is 26.9. The third-order valence-corrected chi connectivity index (χ3v) is 7.62. The Morgan fingerprint density at radius 1 is 1.24 bits per heavy atom. The Bertz CT molecular complexity index is 1690. The topological polar surface area (TPSA) is 107 Å². The van der Waals surface area contributed by atoms with Gasteiger partial charge in [0.15, 0.2) is 11.6 Å². The van der Waals surface area contributed by atoms with Gasteiger partial charge in [-0.15, -0.1) is 11.3 Å².